The minimum absolute atomic E-state index is 0.726. The van der Waals surface area contributed by atoms with Gasteiger partial charge in [0.05, 0.1) is 0 Å². The third kappa shape index (κ3) is 16.9. The average Bonchev–Trinajstić information content (AvgIpc) is 2.43. The minimum Gasteiger partial charge on any atom is -0.478 e. The predicted octanol–water partition coefficient (Wildman–Crippen LogP) is 5.88. The summed E-state index contributed by atoms with van der Waals surface area (Å²) in [6.45, 7) is 2.26. The summed E-state index contributed by atoms with van der Waals surface area (Å²) in [5, 5.41) is 8.41. The van der Waals surface area contributed by atoms with Crippen LogP contribution in [0.2, 0.25) is 0 Å². The number of carboxylic acids is 1. The molecule has 0 aromatic rings. The third-order valence-corrected chi connectivity index (χ3v) is 3.42. The van der Waals surface area contributed by atoms with Gasteiger partial charge < -0.3 is 5.11 Å². The van der Waals surface area contributed by atoms with Gasteiger partial charge in [0.25, 0.3) is 0 Å². The lowest BCUT2D eigenvalue weighted by molar-refractivity contribution is -0.131. The van der Waals surface area contributed by atoms with Crippen LogP contribution in [0.5, 0.6) is 0 Å². The van der Waals surface area contributed by atoms with Crippen molar-refractivity contribution < 1.29 is 9.90 Å². The summed E-state index contributed by atoms with van der Waals surface area (Å²) in [7, 11) is 0. The van der Waals surface area contributed by atoms with Gasteiger partial charge in [-0.15, -0.1) is 0 Å². The standard InChI is InChI=1S/C18H32O2/c1-2-3-4-5-6-7-8-9-10-11-12-13-14-15-16-17-18(19)20/h13-14,16-17H,2-12,15H2,1H3,(H,19,20)/b14-13?,17-16-. The summed E-state index contributed by atoms with van der Waals surface area (Å²) in [6.07, 6.45) is 22.6. The van der Waals surface area contributed by atoms with Crippen LogP contribution < -0.4 is 0 Å². The maximum absolute atomic E-state index is 10.2. The van der Waals surface area contributed by atoms with Crippen LogP contribution in [0.15, 0.2) is 24.3 Å². The summed E-state index contributed by atoms with van der Waals surface area (Å²) >= 11 is 0. The van der Waals surface area contributed by atoms with E-state index in [1.807, 2.05) is 6.08 Å². The van der Waals surface area contributed by atoms with Gasteiger partial charge in [-0.1, -0.05) is 82.9 Å². The molecule has 0 saturated heterocycles. The molecule has 2 heteroatoms. The van der Waals surface area contributed by atoms with Crippen molar-refractivity contribution in [2.75, 3.05) is 0 Å². The number of carbonyl (C=O) groups is 1. The number of hydrogen-bond acceptors (Lipinski definition) is 1. The van der Waals surface area contributed by atoms with Gasteiger partial charge in [-0.3, -0.25) is 0 Å². The zero-order valence-electron chi connectivity index (χ0n) is 13.2. The Hall–Kier alpha value is -1.05. The number of allylic oxidation sites excluding steroid dienone is 3. The fraction of sp³-hybridized carbons (Fsp3) is 0.722. The second-order valence-corrected chi connectivity index (χ2v) is 5.42. The summed E-state index contributed by atoms with van der Waals surface area (Å²) in [6, 6.07) is 0. The molecule has 1 N–H and O–H groups in total. The van der Waals surface area contributed by atoms with E-state index >= 15 is 0 Å². The van der Waals surface area contributed by atoms with E-state index in [9.17, 15) is 4.79 Å². The van der Waals surface area contributed by atoms with Gasteiger partial charge in [-0.25, -0.2) is 4.79 Å². The molecule has 0 atom stereocenters. The molecular weight excluding hydrogens is 248 g/mol. The Morgan fingerprint density at radius 1 is 0.800 bits per heavy atom. The van der Waals surface area contributed by atoms with Crippen LogP contribution in [-0.4, -0.2) is 11.1 Å². The van der Waals surface area contributed by atoms with Gasteiger partial charge in [0.1, 0.15) is 0 Å². The lowest BCUT2D eigenvalue weighted by Crippen LogP contribution is -1.84. The molecular formula is C18H32O2. The molecule has 116 valence electrons. The minimum atomic E-state index is -0.868. The summed E-state index contributed by atoms with van der Waals surface area (Å²) < 4.78 is 0. The molecule has 0 unspecified atom stereocenters. The van der Waals surface area contributed by atoms with Crippen LogP contribution in [0.3, 0.4) is 0 Å². The van der Waals surface area contributed by atoms with E-state index in [1.54, 1.807) is 6.08 Å². The summed E-state index contributed by atoms with van der Waals surface area (Å²) in [5.41, 5.74) is 0. The molecule has 0 saturated carbocycles. The van der Waals surface area contributed by atoms with E-state index in [-0.39, 0.29) is 0 Å². The first kappa shape index (κ1) is 18.9. The zero-order chi connectivity index (χ0) is 14.9. The fourth-order valence-electron chi connectivity index (χ4n) is 2.21. The Bertz CT molecular complexity index is 267. The fourth-order valence-corrected chi connectivity index (χ4v) is 2.21. The maximum Gasteiger partial charge on any atom is 0.327 e. The normalized spacial score (nSPS) is 11.7. The van der Waals surface area contributed by atoms with Crippen LogP contribution >= 0.6 is 0 Å². The highest BCUT2D eigenvalue weighted by atomic mass is 16.4. The van der Waals surface area contributed by atoms with Crippen molar-refractivity contribution in [3.05, 3.63) is 24.3 Å². The molecule has 0 radical (unpaired) electrons. The second kappa shape index (κ2) is 16.0. The first-order valence-electron chi connectivity index (χ1n) is 8.31. The van der Waals surface area contributed by atoms with Gasteiger partial charge in [-0.2, -0.15) is 0 Å². The monoisotopic (exact) mass is 280 g/mol. The largest absolute Gasteiger partial charge is 0.478 e. The van der Waals surface area contributed by atoms with Crippen LogP contribution in [0.4, 0.5) is 0 Å². The topological polar surface area (TPSA) is 37.3 Å². The van der Waals surface area contributed by atoms with Gasteiger partial charge in [-0.05, 0) is 19.3 Å². The molecule has 0 heterocycles. The van der Waals surface area contributed by atoms with Gasteiger partial charge in [0.2, 0.25) is 0 Å². The van der Waals surface area contributed by atoms with E-state index < -0.39 is 5.97 Å². The van der Waals surface area contributed by atoms with Crippen molar-refractivity contribution >= 4 is 5.97 Å². The second-order valence-electron chi connectivity index (χ2n) is 5.42. The molecule has 0 aliphatic rings. The lowest BCUT2D eigenvalue weighted by atomic mass is 10.1. The Morgan fingerprint density at radius 2 is 1.35 bits per heavy atom. The van der Waals surface area contributed by atoms with Crippen molar-refractivity contribution in [3.63, 3.8) is 0 Å². The Morgan fingerprint density at radius 3 is 1.90 bits per heavy atom. The first-order valence-corrected chi connectivity index (χ1v) is 8.31. The van der Waals surface area contributed by atoms with Crippen molar-refractivity contribution in [2.45, 2.75) is 84.0 Å². The molecule has 0 aromatic carbocycles. The summed E-state index contributed by atoms with van der Waals surface area (Å²) in [5.74, 6) is -0.868. The molecule has 0 fully saturated rings. The maximum atomic E-state index is 10.2. The molecule has 20 heavy (non-hydrogen) atoms. The smallest absolute Gasteiger partial charge is 0.327 e. The van der Waals surface area contributed by atoms with Crippen molar-refractivity contribution in [1.29, 1.82) is 0 Å². The third-order valence-electron chi connectivity index (χ3n) is 3.42. The van der Waals surface area contributed by atoms with Crippen LogP contribution in [0, 0.1) is 0 Å². The van der Waals surface area contributed by atoms with Crippen LogP contribution in [-0.2, 0) is 4.79 Å². The highest BCUT2D eigenvalue weighted by Gasteiger charge is 1.91. The Labute approximate surface area is 125 Å². The molecule has 0 rings (SSSR count). The van der Waals surface area contributed by atoms with E-state index in [4.69, 9.17) is 5.11 Å². The zero-order valence-corrected chi connectivity index (χ0v) is 13.2. The summed E-state index contributed by atoms with van der Waals surface area (Å²) in [4.78, 5) is 10.2. The Kier molecular flexibility index (Phi) is 15.2. The quantitative estimate of drug-likeness (QED) is 0.245. The van der Waals surface area contributed by atoms with E-state index in [0.29, 0.717) is 0 Å². The molecule has 0 spiro atoms. The van der Waals surface area contributed by atoms with Crippen molar-refractivity contribution in [1.82, 2.24) is 0 Å². The molecule has 0 aromatic heterocycles. The van der Waals surface area contributed by atoms with E-state index in [2.05, 4.69) is 13.0 Å². The molecule has 0 amide bonds. The van der Waals surface area contributed by atoms with Gasteiger partial charge in [0, 0.05) is 6.08 Å². The highest BCUT2D eigenvalue weighted by Crippen LogP contribution is 2.11. The molecule has 0 aliphatic carbocycles. The first-order chi connectivity index (χ1) is 9.77. The lowest BCUT2D eigenvalue weighted by Gasteiger charge is -2.01. The van der Waals surface area contributed by atoms with Crippen LogP contribution in [0.1, 0.15) is 84.0 Å². The van der Waals surface area contributed by atoms with E-state index in [0.717, 1.165) is 12.8 Å². The number of unbranched alkanes of at least 4 members (excludes halogenated alkanes) is 10. The van der Waals surface area contributed by atoms with Crippen LogP contribution in [0.25, 0.3) is 0 Å². The highest BCUT2D eigenvalue weighted by molar-refractivity contribution is 5.79. The number of aliphatic carboxylic acids is 1. The number of rotatable bonds is 14. The van der Waals surface area contributed by atoms with E-state index in [1.165, 1.54) is 70.3 Å². The molecule has 2 nitrogen and oxygen atoms in total. The predicted molar refractivity (Wildman–Crippen MR) is 87.0 cm³/mol. The number of hydrogen-bond donors (Lipinski definition) is 1. The Balaban J connectivity index is 3.12. The SMILES string of the molecule is CCCCCCCCCCCCC=CC/C=C\C(=O)O. The molecule has 0 bridgehead atoms. The van der Waals surface area contributed by atoms with Crippen molar-refractivity contribution in [2.24, 2.45) is 0 Å². The van der Waals surface area contributed by atoms with Gasteiger partial charge in [0.15, 0.2) is 0 Å². The number of carboxylic acid groups (broad SMARTS) is 1. The van der Waals surface area contributed by atoms with Gasteiger partial charge >= 0.3 is 5.97 Å². The molecule has 0 aliphatic heterocycles. The van der Waals surface area contributed by atoms with Crippen molar-refractivity contribution in [3.8, 4) is 0 Å². The average molecular weight is 280 g/mol.